The summed E-state index contributed by atoms with van der Waals surface area (Å²) in [5.41, 5.74) is 3.46. The highest BCUT2D eigenvalue weighted by atomic mass is 19.1. The molecule has 5 heteroatoms. The van der Waals surface area contributed by atoms with Crippen molar-refractivity contribution < 1.29 is 18.7 Å². The molecule has 2 aliphatic heterocycles. The number of morpholine rings is 1. The van der Waals surface area contributed by atoms with Crippen molar-refractivity contribution in [2.75, 3.05) is 13.2 Å². The molecule has 4 nitrogen and oxygen atoms in total. The van der Waals surface area contributed by atoms with E-state index >= 15 is 0 Å². The second-order valence-corrected chi connectivity index (χ2v) is 7.46. The zero-order valence-electron chi connectivity index (χ0n) is 15.9. The summed E-state index contributed by atoms with van der Waals surface area (Å²) in [5, 5.41) is 0. The fourth-order valence-corrected chi connectivity index (χ4v) is 3.98. The van der Waals surface area contributed by atoms with E-state index in [-0.39, 0.29) is 30.6 Å². The van der Waals surface area contributed by atoms with Crippen LogP contribution >= 0.6 is 0 Å². The quantitative estimate of drug-likeness (QED) is 0.737. The number of hydrogen-bond acceptors (Lipinski definition) is 3. The van der Waals surface area contributed by atoms with Gasteiger partial charge in [0.25, 0.3) is 0 Å². The first-order chi connectivity index (χ1) is 13.6. The molecule has 0 spiro atoms. The Bertz CT molecular complexity index is 881. The van der Waals surface area contributed by atoms with Crippen LogP contribution in [0.5, 0.6) is 0 Å². The van der Waals surface area contributed by atoms with Crippen molar-refractivity contribution in [3.05, 3.63) is 82.7 Å². The minimum atomic E-state index is -0.320. The van der Waals surface area contributed by atoms with E-state index < -0.39 is 0 Å². The van der Waals surface area contributed by atoms with E-state index in [1.807, 2.05) is 48.5 Å². The Morgan fingerprint density at radius 2 is 2.00 bits per heavy atom. The second-order valence-electron chi connectivity index (χ2n) is 7.46. The van der Waals surface area contributed by atoms with Crippen LogP contribution in [0.1, 0.15) is 23.1 Å². The molecular formula is C23H24FNO3. The van der Waals surface area contributed by atoms with E-state index in [2.05, 4.69) is 0 Å². The standard InChI is InChI=1S/C23H24FNO3/c1-16-6-5-9-19(22(16)24)10-18-11-20-14-27-15-21(12-18)25(20)23(26)28-13-17-7-3-2-4-8-17/h2-9,11,20-21H,10,12-15H2,1H3. The number of ether oxygens (including phenoxy) is 2. The number of aryl methyl sites for hydroxylation is 1. The van der Waals surface area contributed by atoms with Crippen LogP contribution in [0, 0.1) is 12.7 Å². The Labute approximate surface area is 164 Å². The molecule has 0 saturated carbocycles. The number of carbonyl (C=O) groups is 1. The van der Waals surface area contributed by atoms with Gasteiger partial charge < -0.3 is 9.47 Å². The molecule has 2 unspecified atom stereocenters. The van der Waals surface area contributed by atoms with Gasteiger partial charge in [-0.2, -0.15) is 0 Å². The highest BCUT2D eigenvalue weighted by Gasteiger charge is 2.38. The summed E-state index contributed by atoms with van der Waals surface area (Å²) < 4.78 is 25.6. The Hall–Kier alpha value is -2.66. The van der Waals surface area contributed by atoms with Gasteiger partial charge in [-0.1, -0.05) is 60.2 Å². The minimum Gasteiger partial charge on any atom is -0.445 e. The topological polar surface area (TPSA) is 38.8 Å². The van der Waals surface area contributed by atoms with E-state index in [0.29, 0.717) is 37.2 Å². The van der Waals surface area contributed by atoms with Crippen molar-refractivity contribution in [1.29, 1.82) is 0 Å². The summed E-state index contributed by atoms with van der Waals surface area (Å²) in [7, 11) is 0. The number of nitrogens with zero attached hydrogens (tertiary/aromatic N) is 1. The largest absolute Gasteiger partial charge is 0.445 e. The summed E-state index contributed by atoms with van der Waals surface area (Å²) in [6, 6.07) is 14.9. The highest BCUT2D eigenvalue weighted by Crippen LogP contribution is 2.30. The van der Waals surface area contributed by atoms with Crippen molar-refractivity contribution in [2.45, 2.75) is 38.5 Å². The number of hydrogen-bond donors (Lipinski definition) is 0. The number of carbonyl (C=O) groups excluding carboxylic acids is 1. The molecule has 0 radical (unpaired) electrons. The Kier molecular flexibility index (Phi) is 5.44. The van der Waals surface area contributed by atoms with Crippen molar-refractivity contribution in [3.63, 3.8) is 0 Å². The monoisotopic (exact) mass is 381 g/mol. The van der Waals surface area contributed by atoms with Crippen LogP contribution in [0.4, 0.5) is 9.18 Å². The van der Waals surface area contributed by atoms with Gasteiger partial charge in [-0.05, 0) is 36.5 Å². The van der Waals surface area contributed by atoms with Gasteiger partial charge in [-0.25, -0.2) is 9.18 Å². The maximum absolute atomic E-state index is 14.4. The average molecular weight is 381 g/mol. The van der Waals surface area contributed by atoms with Crippen LogP contribution in [-0.2, 0) is 22.5 Å². The lowest BCUT2D eigenvalue weighted by Crippen LogP contribution is -2.56. The molecule has 2 heterocycles. The van der Waals surface area contributed by atoms with Crippen LogP contribution in [0.25, 0.3) is 0 Å². The predicted molar refractivity (Wildman–Crippen MR) is 104 cm³/mol. The number of benzene rings is 2. The molecule has 1 fully saturated rings. The average Bonchev–Trinajstić information content (AvgIpc) is 2.70. The van der Waals surface area contributed by atoms with Gasteiger partial charge in [0.2, 0.25) is 0 Å². The van der Waals surface area contributed by atoms with Gasteiger partial charge in [-0.15, -0.1) is 0 Å². The summed E-state index contributed by atoms with van der Waals surface area (Å²) >= 11 is 0. The first-order valence-electron chi connectivity index (χ1n) is 9.62. The summed E-state index contributed by atoms with van der Waals surface area (Å²) in [6.45, 7) is 2.95. The smallest absolute Gasteiger partial charge is 0.411 e. The molecule has 2 aromatic carbocycles. The van der Waals surface area contributed by atoms with Crippen molar-refractivity contribution >= 4 is 6.09 Å². The maximum Gasteiger partial charge on any atom is 0.411 e. The molecule has 1 saturated heterocycles. The summed E-state index contributed by atoms with van der Waals surface area (Å²) in [4.78, 5) is 14.5. The van der Waals surface area contributed by atoms with Crippen LogP contribution in [0.2, 0.25) is 0 Å². The van der Waals surface area contributed by atoms with Crippen LogP contribution in [-0.4, -0.2) is 36.3 Å². The molecule has 0 aliphatic carbocycles. The Morgan fingerprint density at radius 3 is 2.79 bits per heavy atom. The number of amides is 1. The van der Waals surface area contributed by atoms with Crippen molar-refractivity contribution in [1.82, 2.24) is 4.90 Å². The molecule has 2 aliphatic rings. The third kappa shape index (κ3) is 3.94. The molecule has 0 aromatic heterocycles. The lowest BCUT2D eigenvalue weighted by molar-refractivity contribution is -0.0374. The van der Waals surface area contributed by atoms with Gasteiger partial charge in [-0.3, -0.25) is 4.90 Å². The number of fused-ring (bicyclic) bond motifs is 2. The van der Waals surface area contributed by atoms with Gasteiger partial charge in [0.05, 0.1) is 25.3 Å². The second kappa shape index (κ2) is 8.15. The van der Waals surface area contributed by atoms with E-state index in [0.717, 1.165) is 11.1 Å². The molecule has 2 atom stereocenters. The zero-order valence-corrected chi connectivity index (χ0v) is 15.9. The van der Waals surface area contributed by atoms with Crippen molar-refractivity contribution in [2.24, 2.45) is 0 Å². The van der Waals surface area contributed by atoms with E-state index in [4.69, 9.17) is 9.47 Å². The molecule has 146 valence electrons. The van der Waals surface area contributed by atoms with Gasteiger partial charge in [0.1, 0.15) is 12.4 Å². The SMILES string of the molecule is Cc1cccc(CC2=CC3COCC(C2)N3C(=O)OCc2ccccc2)c1F. The third-order valence-corrected chi connectivity index (χ3v) is 5.38. The molecule has 0 N–H and O–H groups in total. The number of halogens is 1. The normalized spacial score (nSPS) is 21.2. The van der Waals surface area contributed by atoms with Crippen molar-refractivity contribution in [3.8, 4) is 0 Å². The molecular weight excluding hydrogens is 357 g/mol. The fraction of sp³-hybridized carbons (Fsp3) is 0.348. The van der Waals surface area contributed by atoms with Crippen LogP contribution < -0.4 is 0 Å². The molecule has 1 amide bonds. The highest BCUT2D eigenvalue weighted by molar-refractivity contribution is 5.69. The van der Waals surface area contributed by atoms with Crippen LogP contribution in [0.3, 0.4) is 0 Å². The minimum absolute atomic E-state index is 0.0742. The van der Waals surface area contributed by atoms with E-state index in [9.17, 15) is 9.18 Å². The Morgan fingerprint density at radius 1 is 1.18 bits per heavy atom. The predicted octanol–water partition coefficient (Wildman–Crippen LogP) is 4.41. The van der Waals surface area contributed by atoms with Gasteiger partial charge in [0.15, 0.2) is 0 Å². The molecule has 28 heavy (non-hydrogen) atoms. The van der Waals surface area contributed by atoms with Crippen LogP contribution in [0.15, 0.2) is 60.2 Å². The van der Waals surface area contributed by atoms with E-state index in [1.54, 1.807) is 17.9 Å². The lowest BCUT2D eigenvalue weighted by atomic mass is 9.90. The number of rotatable bonds is 4. The van der Waals surface area contributed by atoms with Gasteiger partial charge >= 0.3 is 6.09 Å². The third-order valence-electron chi connectivity index (χ3n) is 5.38. The molecule has 2 bridgehead atoms. The fourth-order valence-electron chi connectivity index (χ4n) is 3.98. The zero-order chi connectivity index (χ0) is 19.5. The summed E-state index contributed by atoms with van der Waals surface area (Å²) in [6.07, 6.45) is 2.96. The first kappa shape index (κ1) is 18.7. The lowest BCUT2D eigenvalue weighted by Gasteiger charge is -2.43. The molecule has 2 aromatic rings. The molecule has 4 rings (SSSR count). The first-order valence-corrected chi connectivity index (χ1v) is 9.62. The van der Waals surface area contributed by atoms with Gasteiger partial charge in [0, 0.05) is 0 Å². The maximum atomic E-state index is 14.4. The Balaban J connectivity index is 1.46. The van der Waals surface area contributed by atoms with E-state index in [1.165, 1.54) is 0 Å². The summed E-state index contributed by atoms with van der Waals surface area (Å²) in [5.74, 6) is -0.144.